The minimum Gasteiger partial charge on any atom is -0.350 e. The summed E-state index contributed by atoms with van der Waals surface area (Å²) in [5.74, 6) is -1.27. The number of nitrogens with one attached hydrogen (secondary N) is 1. The van der Waals surface area contributed by atoms with E-state index >= 15 is 0 Å². The van der Waals surface area contributed by atoms with Gasteiger partial charge in [-0.3, -0.25) is 9.59 Å². The van der Waals surface area contributed by atoms with Gasteiger partial charge in [0.25, 0.3) is 5.56 Å². The molecule has 1 heterocycles. The van der Waals surface area contributed by atoms with E-state index in [1.807, 2.05) is 0 Å². The van der Waals surface area contributed by atoms with Crippen LogP contribution in [0.1, 0.15) is 5.56 Å². The number of benzene rings is 2. The van der Waals surface area contributed by atoms with Crippen LogP contribution in [0, 0.1) is 11.6 Å². The summed E-state index contributed by atoms with van der Waals surface area (Å²) in [6, 6.07) is 14.5. The van der Waals surface area contributed by atoms with Gasteiger partial charge >= 0.3 is 0 Å². The summed E-state index contributed by atoms with van der Waals surface area (Å²) in [4.78, 5) is 24.0. The van der Waals surface area contributed by atoms with E-state index in [1.54, 1.807) is 18.2 Å². The van der Waals surface area contributed by atoms with Crippen LogP contribution in [0.25, 0.3) is 11.3 Å². The quantitative estimate of drug-likeness (QED) is 0.765. The van der Waals surface area contributed by atoms with E-state index in [1.165, 1.54) is 42.5 Å². The summed E-state index contributed by atoms with van der Waals surface area (Å²) in [6.45, 7) is -0.291. The maximum atomic E-state index is 13.6. The summed E-state index contributed by atoms with van der Waals surface area (Å²) < 4.78 is 27.6. The van der Waals surface area contributed by atoms with E-state index in [2.05, 4.69) is 10.4 Å². The molecule has 1 N–H and O–H groups in total. The van der Waals surface area contributed by atoms with E-state index in [-0.39, 0.29) is 18.9 Å². The van der Waals surface area contributed by atoms with E-state index in [9.17, 15) is 18.4 Å². The highest BCUT2D eigenvalue weighted by atomic mass is 19.1. The first-order chi connectivity index (χ1) is 12.5. The number of carbonyl (C=O) groups is 1. The van der Waals surface area contributed by atoms with Gasteiger partial charge in [-0.25, -0.2) is 13.5 Å². The van der Waals surface area contributed by atoms with Gasteiger partial charge in [-0.15, -0.1) is 0 Å². The Kier molecular flexibility index (Phi) is 5.17. The first kappa shape index (κ1) is 17.5. The van der Waals surface area contributed by atoms with Gasteiger partial charge in [0.1, 0.15) is 18.2 Å². The lowest BCUT2D eigenvalue weighted by Crippen LogP contribution is -2.33. The molecule has 132 valence electrons. The Balaban J connectivity index is 1.71. The SMILES string of the molecule is O=C(Cn1nc(-c2ccc(F)cc2)ccc1=O)NCc1ccccc1F. The van der Waals surface area contributed by atoms with E-state index in [0.717, 1.165) is 4.68 Å². The largest absolute Gasteiger partial charge is 0.350 e. The second-order valence-corrected chi connectivity index (χ2v) is 5.59. The molecule has 5 nitrogen and oxygen atoms in total. The summed E-state index contributed by atoms with van der Waals surface area (Å²) >= 11 is 0. The number of nitrogens with zero attached hydrogens (tertiary/aromatic N) is 2. The molecule has 0 saturated carbocycles. The van der Waals surface area contributed by atoms with Crippen molar-refractivity contribution < 1.29 is 13.6 Å². The van der Waals surface area contributed by atoms with Crippen molar-refractivity contribution in [2.75, 3.05) is 0 Å². The van der Waals surface area contributed by atoms with Crippen LogP contribution in [0.2, 0.25) is 0 Å². The zero-order chi connectivity index (χ0) is 18.5. The molecule has 0 aliphatic rings. The molecule has 26 heavy (non-hydrogen) atoms. The van der Waals surface area contributed by atoms with Crippen LogP contribution in [0.5, 0.6) is 0 Å². The van der Waals surface area contributed by atoms with Gasteiger partial charge in [0.15, 0.2) is 0 Å². The Labute approximate surface area is 147 Å². The second kappa shape index (κ2) is 7.69. The fraction of sp³-hybridized carbons (Fsp3) is 0.105. The van der Waals surface area contributed by atoms with E-state index < -0.39 is 17.3 Å². The number of hydrogen-bond acceptors (Lipinski definition) is 3. The molecular weight excluding hydrogens is 340 g/mol. The predicted molar refractivity (Wildman–Crippen MR) is 92.1 cm³/mol. The number of rotatable bonds is 5. The number of halogens is 2. The van der Waals surface area contributed by atoms with Crippen LogP contribution in [0.4, 0.5) is 8.78 Å². The molecule has 1 aromatic heterocycles. The molecule has 0 unspecified atom stereocenters. The van der Waals surface area contributed by atoms with Crippen LogP contribution in [0.15, 0.2) is 65.5 Å². The third kappa shape index (κ3) is 4.18. The topological polar surface area (TPSA) is 64.0 Å². The third-order valence-corrected chi connectivity index (χ3v) is 3.73. The summed E-state index contributed by atoms with van der Waals surface area (Å²) in [5.41, 5.74) is 0.955. The lowest BCUT2D eigenvalue weighted by atomic mass is 10.1. The Morgan fingerprint density at radius 3 is 2.46 bits per heavy atom. The highest BCUT2D eigenvalue weighted by Crippen LogP contribution is 2.15. The van der Waals surface area contributed by atoms with Gasteiger partial charge in [0.2, 0.25) is 5.91 Å². The number of carbonyl (C=O) groups excluding carboxylic acids is 1. The first-order valence-corrected chi connectivity index (χ1v) is 7.87. The minimum absolute atomic E-state index is 0.0118. The number of hydrogen-bond donors (Lipinski definition) is 1. The summed E-state index contributed by atoms with van der Waals surface area (Å²) in [5, 5.41) is 6.69. The number of aromatic nitrogens is 2. The van der Waals surface area contributed by atoms with Crippen molar-refractivity contribution in [3.05, 3.63) is 88.2 Å². The average Bonchev–Trinajstić information content (AvgIpc) is 2.64. The monoisotopic (exact) mass is 355 g/mol. The molecular formula is C19H15F2N3O2. The van der Waals surface area contributed by atoms with Crippen LogP contribution >= 0.6 is 0 Å². The van der Waals surface area contributed by atoms with Crippen molar-refractivity contribution >= 4 is 5.91 Å². The molecule has 0 bridgehead atoms. The lowest BCUT2D eigenvalue weighted by Gasteiger charge is -2.09. The first-order valence-electron chi connectivity index (χ1n) is 7.87. The fourth-order valence-corrected chi connectivity index (χ4v) is 2.36. The molecule has 0 aliphatic heterocycles. The molecule has 0 aliphatic carbocycles. The Bertz CT molecular complexity index is 985. The smallest absolute Gasteiger partial charge is 0.267 e. The normalized spacial score (nSPS) is 10.5. The van der Waals surface area contributed by atoms with Gasteiger partial charge in [0.05, 0.1) is 5.69 Å². The second-order valence-electron chi connectivity index (χ2n) is 5.59. The Morgan fingerprint density at radius 2 is 1.73 bits per heavy atom. The average molecular weight is 355 g/mol. The van der Waals surface area contributed by atoms with Crippen molar-refractivity contribution in [2.45, 2.75) is 13.1 Å². The summed E-state index contributed by atoms with van der Waals surface area (Å²) in [7, 11) is 0. The highest BCUT2D eigenvalue weighted by molar-refractivity contribution is 5.75. The van der Waals surface area contributed by atoms with Crippen LogP contribution in [0.3, 0.4) is 0 Å². The molecule has 0 saturated heterocycles. The fourth-order valence-electron chi connectivity index (χ4n) is 2.36. The molecule has 0 atom stereocenters. The molecule has 3 rings (SSSR count). The van der Waals surface area contributed by atoms with Crippen molar-refractivity contribution in [2.24, 2.45) is 0 Å². The standard InChI is InChI=1S/C19H15F2N3O2/c20-15-7-5-13(6-8-15)17-9-10-19(26)24(23-17)12-18(25)22-11-14-3-1-2-4-16(14)21/h1-10H,11-12H2,(H,22,25). The maximum absolute atomic E-state index is 13.6. The van der Waals surface area contributed by atoms with Crippen molar-refractivity contribution in [3.63, 3.8) is 0 Å². The van der Waals surface area contributed by atoms with Gasteiger partial charge in [-0.05, 0) is 36.4 Å². The van der Waals surface area contributed by atoms with E-state index in [0.29, 0.717) is 16.8 Å². The molecule has 0 fully saturated rings. The van der Waals surface area contributed by atoms with Crippen LogP contribution < -0.4 is 10.9 Å². The Morgan fingerprint density at radius 1 is 1.00 bits per heavy atom. The Hall–Kier alpha value is -3.35. The zero-order valence-electron chi connectivity index (χ0n) is 13.7. The third-order valence-electron chi connectivity index (χ3n) is 3.73. The minimum atomic E-state index is -0.473. The highest BCUT2D eigenvalue weighted by Gasteiger charge is 2.09. The van der Waals surface area contributed by atoms with Gasteiger partial charge in [0, 0.05) is 23.7 Å². The molecule has 0 spiro atoms. The van der Waals surface area contributed by atoms with Gasteiger partial charge < -0.3 is 5.32 Å². The molecule has 2 aromatic carbocycles. The van der Waals surface area contributed by atoms with E-state index in [4.69, 9.17) is 0 Å². The van der Waals surface area contributed by atoms with Crippen LogP contribution in [-0.2, 0) is 17.9 Å². The number of amides is 1. The summed E-state index contributed by atoms with van der Waals surface area (Å²) in [6.07, 6.45) is 0. The van der Waals surface area contributed by atoms with Crippen LogP contribution in [-0.4, -0.2) is 15.7 Å². The van der Waals surface area contributed by atoms with Gasteiger partial charge in [-0.1, -0.05) is 18.2 Å². The van der Waals surface area contributed by atoms with Crippen molar-refractivity contribution in [1.29, 1.82) is 0 Å². The van der Waals surface area contributed by atoms with Gasteiger partial charge in [-0.2, -0.15) is 5.10 Å². The molecule has 1 amide bonds. The maximum Gasteiger partial charge on any atom is 0.267 e. The lowest BCUT2D eigenvalue weighted by molar-refractivity contribution is -0.122. The zero-order valence-corrected chi connectivity index (χ0v) is 13.7. The molecule has 0 radical (unpaired) electrons. The molecule has 3 aromatic rings. The predicted octanol–water partition coefficient (Wildman–Crippen LogP) is 2.50. The molecule has 7 heteroatoms. The van der Waals surface area contributed by atoms with Crippen molar-refractivity contribution in [1.82, 2.24) is 15.1 Å². The van der Waals surface area contributed by atoms with Crippen molar-refractivity contribution in [3.8, 4) is 11.3 Å².